The number of methoxy groups -OCH3 is 1. The van der Waals surface area contributed by atoms with Crippen molar-refractivity contribution in [2.75, 3.05) is 12.4 Å². The SMILES string of the molecule is COC(=O)c1c(NC(=O)c2ccc(Cl)cc2Cl)sc(C(=O)NC2CCCCC2)c1C. The monoisotopic (exact) mass is 468 g/mol. The molecule has 0 atom stereocenters. The van der Waals surface area contributed by atoms with E-state index in [1.54, 1.807) is 13.0 Å². The number of hydrogen-bond acceptors (Lipinski definition) is 5. The Hall–Kier alpha value is -2.09. The number of ether oxygens (including phenoxy) is 1. The van der Waals surface area contributed by atoms with Gasteiger partial charge in [0.25, 0.3) is 11.8 Å². The normalized spacial score (nSPS) is 14.3. The number of amides is 2. The highest BCUT2D eigenvalue weighted by Crippen LogP contribution is 2.35. The first-order chi connectivity index (χ1) is 14.3. The molecule has 0 spiro atoms. The van der Waals surface area contributed by atoms with Gasteiger partial charge in [-0.05, 0) is 43.5 Å². The largest absolute Gasteiger partial charge is 0.465 e. The number of halogens is 2. The molecule has 1 fully saturated rings. The number of nitrogens with one attached hydrogen (secondary N) is 2. The van der Waals surface area contributed by atoms with Crippen molar-refractivity contribution in [3.05, 3.63) is 49.8 Å². The molecule has 9 heteroatoms. The molecule has 6 nitrogen and oxygen atoms in total. The minimum Gasteiger partial charge on any atom is -0.465 e. The first-order valence-electron chi connectivity index (χ1n) is 9.60. The Balaban J connectivity index is 1.89. The lowest BCUT2D eigenvalue weighted by Crippen LogP contribution is -2.36. The lowest BCUT2D eigenvalue weighted by molar-refractivity contribution is 0.0601. The van der Waals surface area contributed by atoms with E-state index in [2.05, 4.69) is 10.6 Å². The van der Waals surface area contributed by atoms with Gasteiger partial charge < -0.3 is 15.4 Å². The Morgan fingerprint density at radius 3 is 2.43 bits per heavy atom. The Morgan fingerprint density at radius 1 is 1.10 bits per heavy atom. The number of anilines is 1. The molecule has 3 rings (SSSR count). The Bertz CT molecular complexity index is 984. The Morgan fingerprint density at radius 2 is 1.80 bits per heavy atom. The van der Waals surface area contributed by atoms with Crippen LogP contribution in [0.3, 0.4) is 0 Å². The highest BCUT2D eigenvalue weighted by molar-refractivity contribution is 7.18. The van der Waals surface area contributed by atoms with E-state index in [9.17, 15) is 14.4 Å². The summed E-state index contributed by atoms with van der Waals surface area (Å²) in [6.07, 6.45) is 5.24. The molecule has 1 aliphatic rings. The predicted octanol–water partition coefficient (Wildman–Crippen LogP) is 5.46. The first-order valence-corrected chi connectivity index (χ1v) is 11.2. The van der Waals surface area contributed by atoms with E-state index < -0.39 is 11.9 Å². The molecular formula is C21H22Cl2N2O4S. The highest BCUT2D eigenvalue weighted by atomic mass is 35.5. The van der Waals surface area contributed by atoms with Crippen LogP contribution in [0.25, 0.3) is 0 Å². The standard InChI is InChI=1S/C21H22Cl2N2O4S/c1-11-16(21(28)29-2)20(25-18(26)14-9-8-12(22)10-15(14)23)30-17(11)19(27)24-13-6-4-3-5-7-13/h8-10,13H,3-7H2,1-2H3,(H,24,27)(H,25,26). The van der Waals surface area contributed by atoms with Crippen molar-refractivity contribution in [2.24, 2.45) is 0 Å². The lowest BCUT2D eigenvalue weighted by Gasteiger charge is -2.22. The first kappa shape index (κ1) is 22.6. The van der Waals surface area contributed by atoms with Crippen LogP contribution in [0.5, 0.6) is 0 Å². The van der Waals surface area contributed by atoms with Gasteiger partial charge in [0.15, 0.2) is 0 Å². The summed E-state index contributed by atoms with van der Waals surface area (Å²) in [5.74, 6) is -1.39. The summed E-state index contributed by atoms with van der Waals surface area (Å²) >= 11 is 13.0. The number of carbonyl (C=O) groups excluding carboxylic acids is 3. The smallest absolute Gasteiger partial charge is 0.341 e. The second-order valence-electron chi connectivity index (χ2n) is 7.14. The maximum absolute atomic E-state index is 12.9. The molecule has 2 N–H and O–H groups in total. The maximum Gasteiger partial charge on any atom is 0.341 e. The van der Waals surface area contributed by atoms with E-state index >= 15 is 0 Å². The molecule has 0 bridgehead atoms. The van der Waals surface area contributed by atoms with Crippen LogP contribution >= 0.6 is 34.5 Å². The molecule has 30 heavy (non-hydrogen) atoms. The molecule has 1 aromatic carbocycles. The summed E-state index contributed by atoms with van der Waals surface area (Å²) in [6, 6.07) is 4.63. The van der Waals surface area contributed by atoms with E-state index in [-0.39, 0.29) is 33.1 Å². The van der Waals surface area contributed by atoms with E-state index in [1.165, 1.54) is 25.7 Å². The fourth-order valence-electron chi connectivity index (χ4n) is 3.51. The molecule has 1 aliphatic carbocycles. The zero-order valence-corrected chi connectivity index (χ0v) is 19.0. The molecule has 160 valence electrons. The Kier molecular flexibility index (Phi) is 7.39. The van der Waals surface area contributed by atoms with Crippen LogP contribution in [0.1, 0.15) is 68.1 Å². The zero-order valence-electron chi connectivity index (χ0n) is 16.6. The summed E-state index contributed by atoms with van der Waals surface area (Å²) < 4.78 is 4.87. The summed E-state index contributed by atoms with van der Waals surface area (Å²) in [5, 5.41) is 6.56. The summed E-state index contributed by atoms with van der Waals surface area (Å²) in [4.78, 5) is 38.3. The molecule has 1 saturated carbocycles. The second kappa shape index (κ2) is 9.81. The summed E-state index contributed by atoms with van der Waals surface area (Å²) in [5.41, 5.74) is 0.837. The molecule has 2 aromatic rings. The van der Waals surface area contributed by atoms with Gasteiger partial charge in [-0.25, -0.2) is 4.79 Å². The average Bonchev–Trinajstić information content (AvgIpc) is 3.04. The van der Waals surface area contributed by atoms with Crippen molar-refractivity contribution < 1.29 is 19.1 Å². The van der Waals surface area contributed by atoms with E-state index in [4.69, 9.17) is 27.9 Å². The molecular weight excluding hydrogens is 447 g/mol. The van der Waals surface area contributed by atoms with Gasteiger partial charge in [0, 0.05) is 11.1 Å². The third kappa shape index (κ3) is 4.96. The van der Waals surface area contributed by atoms with Gasteiger partial charge in [0.1, 0.15) is 5.00 Å². The topological polar surface area (TPSA) is 84.5 Å². The molecule has 0 saturated heterocycles. The third-order valence-corrected chi connectivity index (χ3v) is 6.84. The number of thiophene rings is 1. The number of hydrogen-bond donors (Lipinski definition) is 2. The average molecular weight is 469 g/mol. The fraction of sp³-hybridized carbons (Fsp3) is 0.381. The van der Waals surface area contributed by atoms with Crippen molar-refractivity contribution in [1.82, 2.24) is 5.32 Å². The fourth-order valence-corrected chi connectivity index (χ4v) is 5.10. The second-order valence-corrected chi connectivity index (χ2v) is 9.00. The van der Waals surface area contributed by atoms with E-state index in [0.717, 1.165) is 37.0 Å². The van der Waals surface area contributed by atoms with Crippen molar-refractivity contribution in [1.29, 1.82) is 0 Å². The van der Waals surface area contributed by atoms with Crippen LogP contribution in [-0.4, -0.2) is 30.9 Å². The minimum atomic E-state index is -0.627. The lowest BCUT2D eigenvalue weighted by atomic mass is 9.95. The number of carbonyl (C=O) groups is 3. The van der Waals surface area contributed by atoms with Gasteiger partial charge in [-0.1, -0.05) is 42.5 Å². The van der Waals surface area contributed by atoms with Crippen LogP contribution in [-0.2, 0) is 4.74 Å². The van der Waals surface area contributed by atoms with Crippen molar-refractivity contribution in [3.63, 3.8) is 0 Å². The molecule has 0 aliphatic heterocycles. The molecule has 0 unspecified atom stereocenters. The maximum atomic E-state index is 12.9. The van der Waals surface area contributed by atoms with Gasteiger partial charge in [-0.2, -0.15) is 0 Å². The van der Waals surface area contributed by atoms with Crippen LogP contribution < -0.4 is 10.6 Å². The van der Waals surface area contributed by atoms with Gasteiger partial charge >= 0.3 is 5.97 Å². The molecule has 2 amide bonds. The zero-order chi connectivity index (χ0) is 21.8. The highest BCUT2D eigenvalue weighted by Gasteiger charge is 2.28. The van der Waals surface area contributed by atoms with Gasteiger partial charge in [-0.3, -0.25) is 9.59 Å². The van der Waals surface area contributed by atoms with Crippen LogP contribution in [0, 0.1) is 6.92 Å². The van der Waals surface area contributed by atoms with Crippen molar-refractivity contribution in [2.45, 2.75) is 45.1 Å². The number of benzene rings is 1. The van der Waals surface area contributed by atoms with Crippen LogP contribution in [0.4, 0.5) is 5.00 Å². The van der Waals surface area contributed by atoms with E-state index in [1.807, 2.05) is 0 Å². The van der Waals surface area contributed by atoms with Crippen LogP contribution in [0.2, 0.25) is 10.0 Å². The van der Waals surface area contributed by atoms with Crippen molar-refractivity contribution in [3.8, 4) is 0 Å². The van der Waals surface area contributed by atoms with Gasteiger partial charge in [0.05, 0.1) is 28.1 Å². The number of esters is 1. The number of rotatable bonds is 5. The molecule has 1 aromatic heterocycles. The quantitative estimate of drug-likeness (QED) is 0.570. The predicted molar refractivity (Wildman–Crippen MR) is 119 cm³/mol. The molecule has 0 radical (unpaired) electrons. The summed E-state index contributed by atoms with van der Waals surface area (Å²) in [7, 11) is 1.25. The van der Waals surface area contributed by atoms with Crippen LogP contribution in [0.15, 0.2) is 18.2 Å². The van der Waals surface area contributed by atoms with Gasteiger partial charge in [0.2, 0.25) is 0 Å². The summed E-state index contributed by atoms with van der Waals surface area (Å²) in [6.45, 7) is 1.67. The minimum absolute atomic E-state index is 0.125. The third-order valence-electron chi connectivity index (χ3n) is 5.09. The van der Waals surface area contributed by atoms with E-state index in [0.29, 0.717) is 15.5 Å². The van der Waals surface area contributed by atoms with Crippen molar-refractivity contribution >= 4 is 57.3 Å². The van der Waals surface area contributed by atoms with Gasteiger partial charge in [-0.15, -0.1) is 11.3 Å². The Labute approximate surface area is 188 Å². The molecule has 1 heterocycles.